The van der Waals surface area contributed by atoms with E-state index in [0.29, 0.717) is 31.1 Å². The van der Waals surface area contributed by atoms with E-state index in [1.54, 1.807) is 38.0 Å². The number of cyclic esters (lactones) is 1. The van der Waals surface area contributed by atoms with Crippen LogP contribution in [0.2, 0.25) is 0 Å². The number of methoxy groups -OCH3 is 3. The van der Waals surface area contributed by atoms with E-state index in [9.17, 15) is 4.79 Å². The molecule has 1 radical (unpaired) electrons. The number of amides is 1. The summed E-state index contributed by atoms with van der Waals surface area (Å²) >= 11 is 1.74. The van der Waals surface area contributed by atoms with Crippen LogP contribution >= 0.6 is 11.8 Å². The second kappa shape index (κ2) is 8.75. The first-order valence-electron chi connectivity index (χ1n) is 8.53. The molecule has 1 atom stereocenters. The summed E-state index contributed by atoms with van der Waals surface area (Å²) in [5.41, 5.74) is 0.961. The second-order valence-electron chi connectivity index (χ2n) is 6.54. The van der Waals surface area contributed by atoms with Gasteiger partial charge < -0.3 is 23.8 Å². The molecule has 1 fully saturated rings. The summed E-state index contributed by atoms with van der Waals surface area (Å²) in [4.78, 5) is 13.8. The standard InChI is InChI=1S/C19H28NO5S/c1-7-8-20-17(11-25-18(20)21)19(2,3)26-12-14-15(23-5)9-13(22-4)10-16(14)24-6/h9-10,17H,1,7-8,11-12H2,2-6H3/t17-/m0/s1. The largest absolute Gasteiger partial charge is 0.496 e. The number of carbonyl (C=O) groups excluding carboxylic acids is 1. The number of nitrogens with zero attached hydrogens (tertiary/aromatic N) is 1. The molecule has 1 amide bonds. The highest BCUT2D eigenvalue weighted by Gasteiger charge is 2.43. The van der Waals surface area contributed by atoms with Crippen molar-refractivity contribution in [2.75, 3.05) is 34.5 Å². The Morgan fingerprint density at radius 2 is 1.85 bits per heavy atom. The molecule has 7 heteroatoms. The van der Waals surface area contributed by atoms with Gasteiger partial charge in [-0.1, -0.05) is 6.92 Å². The SMILES string of the molecule is [CH2]CCN1C(=O)OC[C@H]1C(C)(C)SCc1c(OC)cc(OC)cc1OC. The average Bonchev–Trinajstić information content (AvgIpc) is 3.01. The fourth-order valence-corrected chi connectivity index (χ4v) is 4.21. The molecule has 1 aromatic rings. The Morgan fingerprint density at radius 1 is 1.23 bits per heavy atom. The first kappa shape index (κ1) is 20.6. The van der Waals surface area contributed by atoms with E-state index in [4.69, 9.17) is 18.9 Å². The Morgan fingerprint density at radius 3 is 2.35 bits per heavy atom. The number of hydrogen-bond donors (Lipinski definition) is 0. The second-order valence-corrected chi connectivity index (χ2v) is 8.17. The van der Waals surface area contributed by atoms with Gasteiger partial charge in [0.05, 0.1) is 27.4 Å². The molecule has 1 heterocycles. The summed E-state index contributed by atoms with van der Waals surface area (Å²) in [5, 5.41) is 0. The minimum Gasteiger partial charge on any atom is -0.496 e. The first-order valence-corrected chi connectivity index (χ1v) is 9.52. The van der Waals surface area contributed by atoms with Gasteiger partial charge in [-0.3, -0.25) is 0 Å². The molecule has 1 aromatic carbocycles. The van der Waals surface area contributed by atoms with Gasteiger partial charge in [-0.05, 0) is 20.3 Å². The fraction of sp³-hybridized carbons (Fsp3) is 0.579. The van der Waals surface area contributed by atoms with Gasteiger partial charge in [0.25, 0.3) is 0 Å². The molecule has 0 spiro atoms. The zero-order chi connectivity index (χ0) is 19.3. The van der Waals surface area contributed by atoms with Crippen LogP contribution < -0.4 is 14.2 Å². The van der Waals surface area contributed by atoms with Crippen molar-refractivity contribution in [3.63, 3.8) is 0 Å². The third kappa shape index (κ3) is 4.31. The molecular weight excluding hydrogens is 354 g/mol. The van der Waals surface area contributed by atoms with Crippen molar-refractivity contribution in [2.24, 2.45) is 0 Å². The molecule has 1 aliphatic rings. The summed E-state index contributed by atoms with van der Waals surface area (Å²) in [6, 6.07) is 3.70. The van der Waals surface area contributed by atoms with Gasteiger partial charge in [-0.15, -0.1) is 11.8 Å². The van der Waals surface area contributed by atoms with Crippen molar-refractivity contribution in [3.05, 3.63) is 24.6 Å². The molecule has 0 saturated carbocycles. The van der Waals surface area contributed by atoms with Crippen LogP contribution in [0.4, 0.5) is 4.79 Å². The maximum atomic E-state index is 12.0. The Kier molecular flexibility index (Phi) is 6.92. The maximum absolute atomic E-state index is 12.0. The first-order chi connectivity index (χ1) is 12.4. The summed E-state index contributed by atoms with van der Waals surface area (Å²) in [6.45, 7) is 9.11. The number of rotatable bonds is 9. The van der Waals surface area contributed by atoms with Crippen LogP contribution in [-0.2, 0) is 10.5 Å². The minimum absolute atomic E-state index is 0.00279. The van der Waals surface area contributed by atoms with E-state index in [1.165, 1.54) is 0 Å². The number of benzene rings is 1. The highest BCUT2D eigenvalue weighted by molar-refractivity contribution is 7.99. The Bertz CT molecular complexity index is 609. The number of ether oxygens (including phenoxy) is 4. The molecule has 0 N–H and O–H groups in total. The molecule has 0 bridgehead atoms. The maximum Gasteiger partial charge on any atom is 0.410 e. The molecule has 0 aliphatic carbocycles. The van der Waals surface area contributed by atoms with E-state index in [1.807, 2.05) is 12.1 Å². The van der Waals surface area contributed by atoms with E-state index in [-0.39, 0.29) is 16.9 Å². The smallest absolute Gasteiger partial charge is 0.410 e. The molecule has 1 aliphatic heterocycles. The molecule has 2 rings (SSSR count). The van der Waals surface area contributed by atoms with E-state index in [2.05, 4.69) is 20.8 Å². The minimum atomic E-state index is -0.257. The highest BCUT2D eigenvalue weighted by Crippen LogP contribution is 2.42. The number of thioether (sulfide) groups is 1. The lowest BCUT2D eigenvalue weighted by molar-refractivity contribution is 0.157. The predicted octanol–water partition coefficient (Wildman–Crippen LogP) is 3.77. The Balaban J connectivity index is 2.20. The van der Waals surface area contributed by atoms with Gasteiger partial charge in [0, 0.05) is 34.7 Å². The van der Waals surface area contributed by atoms with Crippen molar-refractivity contribution in [3.8, 4) is 17.2 Å². The zero-order valence-electron chi connectivity index (χ0n) is 16.2. The summed E-state index contributed by atoms with van der Waals surface area (Å²) in [6.07, 6.45) is 0.402. The summed E-state index contributed by atoms with van der Waals surface area (Å²) in [5.74, 6) is 2.80. The molecular formula is C19H28NO5S. The topological polar surface area (TPSA) is 57.2 Å². The molecule has 0 aromatic heterocycles. The van der Waals surface area contributed by atoms with Crippen molar-refractivity contribution in [2.45, 2.75) is 36.8 Å². The van der Waals surface area contributed by atoms with Crippen LogP contribution in [-0.4, -0.2) is 56.3 Å². The van der Waals surface area contributed by atoms with Crippen LogP contribution in [0, 0.1) is 6.92 Å². The van der Waals surface area contributed by atoms with Crippen LogP contribution in [0.3, 0.4) is 0 Å². The lowest BCUT2D eigenvalue weighted by Gasteiger charge is -2.35. The van der Waals surface area contributed by atoms with Crippen molar-refractivity contribution < 1.29 is 23.7 Å². The summed E-state index contributed by atoms with van der Waals surface area (Å²) < 4.78 is 21.4. The summed E-state index contributed by atoms with van der Waals surface area (Å²) in [7, 11) is 4.87. The molecule has 0 unspecified atom stereocenters. The predicted molar refractivity (Wildman–Crippen MR) is 103 cm³/mol. The number of carbonyl (C=O) groups is 1. The Hall–Kier alpha value is -1.76. The lowest BCUT2D eigenvalue weighted by Crippen LogP contribution is -2.46. The molecule has 145 valence electrons. The van der Waals surface area contributed by atoms with Crippen LogP contribution in [0.25, 0.3) is 0 Å². The van der Waals surface area contributed by atoms with Gasteiger partial charge in [0.15, 0.2) is 0 Å². The van der Waals surface area contributed by atoms with E-state index < -0.39 is 0 Å². The Labute approximate surface area is 160 Å². The average molecular weight is 383 g/mol. The third-order valence-corrected chi connectivity index (χ3v) is 6.03. The van der Waals surface area contributed by atoms with Gasteiger partial charge in [-0.25, -0.2) is 4.79 Å². The van der Waals surface area contributed by atoms with Gasteiger partial charge in [0.1, 0.15) is 23.9 Å². The van der Waals surface area contributed by atoms with Crippen LogP contribution in [0.5, 0.6) is 17.2 Å². The normalized spacial score (nSPS) is 17.2. The molecule has 26 heavy (non-hydrogen) atoms. The van der Waals surface area contributed by atoms with Gasteiger partial charge in [0.2, 0.25) is 0 Å². The highest BCUT2D eigenvalue weighted by atomic mass is 32.2. The third-order valence-electron chi connectivity index (χ3n) is 4.58. The van der Waals surface area contributed by atoms with Crippen LogP contribution in [0.15, 0.2) is 12.1 Å². The van der Waals surface area contributed by atoms with Gasteiger partial charge in [-0.2, -0.15) is 0 Å². The van der Waals surface area contributed by atoms with E-state index >= 15 is 0 Å². The monoisotopic (exact) mass is 382 g/mol. The molecule has 6 nitrogen and oxygen atoms in total. The van der Waals surface area contributed by atoms with Crippen molar-refractivity contribution in [1.82, 2.24) is 4.90 Å². The lowest BCUT2D eigenvalue weighted by atomic mass is 10.0. The van der Waals surface area contributed by atoms with Gasteiger partial charge >= 0.3 is 6.09 Å². The fourth-order valence-electron chi connectivity index (χ4n) is 3.02. The van der Waals surface area contributed by atoms with Crippen LogP contribution in [0.1, 0.15) is 25.8 Å². The number of hydrogen-bond acceptors (Lipinski definition) is 6. The molecule has 1 saturated heterocycles. The van der Waals surface area contributed by atoms with Crippen molar-refractivity contribution >= 4 is 17.9 Å². The quantitative estimate of drug-likeness (QED) is 0.648. The zero-order valence-corrected chi connectivity index (χ0v) is 17.0. The van der Waals surface area contributed by atoms with E-state index in [0.717, 1.165) is 17.1 Å². The van der Waals surface area contributed by atoms with Crippen molar-refractivity contribution in [1.29, 1.82) is 0 Å².